The van der Waals surface area contributed by atoms with E-state index in [1.54, 1.807) is 0 Å². The molecule has 0 aromatic heterocycles. The molecule has 0 amide bonds. The molecule has 25 heavy (non-hydrogen) atoms. The molecule has 0 aromatic rings. The summed E-state index contributed by atoms with van der Waals surface area (Å²) in [7, 11) is 1.44. The lowest BCUT2D eigenvalue weighted by atomic mass is 10.1. The van der Waals surface area contributed by atoms with Crippen LogP contribution in [0.1, 0.15) is 71.1 Å². The van der Waals surface area contributed by atoms with Crippen molar-refractivity contribution in [3.8, 4) is 0 Å². The molecule has 0 spiro atoms. The molecule has 0 fully saturated rings. The Labute approximate surface area is 155 Å². The van der Waals surface area contributed by atoms with Crippen molar-refractivity contribution in [1.29, 1.82) is 0 Å². The maximum absolute atomic E-state index is 10.9. The number of rotatable bonds is 15. The molecule has 0 rings (SSSR count). The summed E-state index contributed by atoms with van der Waals surface area (Å²) in [6, 6.07) is 0. The second kappa shape index (κ2) is 20.2. The minimum atomic E-state index is -0.102. The first-order valence-electron chi connectivity index (χ1n) is 9.63. The monoisotopic (exact) mass is 344 g/mol. The number of hydrogen-bond donors (Lipinski definition) is 0. The molecule has 0 atom stereocenters. The molecular formula is C23H36O2. The van der Waals surface area contributed by atoms with Gasteiger partial charge in [-0.3, -0.25) is 4.79 Å². The van der Waals surface area contributed by atoms with Gasteiger partial charge < -0.3 is 4.74 Å². The Hall–Kier alpha value is -1.83. The van der Waals surface area contributed by atoms with Gasteiger partial charge in [-0.1, -0.05) is 74.1 Å². The fraction of sp³-hybridized carbons (Fsp3) is 0.522. The van der Waals surface area contributed by atoms with E-state index < -0.39 is 0 Å². The highest BCUT2D eigenvalue weighted by Crippen LogP contribution is 2.05. The molecular weight excluding hydrogens is 308 g/mol. The van der Waals surface area contributed by atoms with Crippen LogP contribution in [0.15, 0.2) is 60.8 Å². The van der Waals surface area contributed by atoms with E-state index in [0.29, 0.717) is 6.42 Å². The van der Waals surface area contributed by atoms with E-state index >= 15 is 0 Å². The zero-order valence-corrected chi connectivity index (χ0v) is 16.2. The third-order valence-electron chi connectivity index (χ3n) is 3.64. The summed E-state index contributed by atoms with van der Waals surface area (Å²) >= 11 is 0. The number of carbonyl (C=O) groups excluding carboxylic acids is 1. The fourth-order valence-electron chi connectivity index (χ4n) is 2.18. The molecule has 140 valence electrons. The van der Waals surface area contributed by atoms with Gasteiger partial charge in [-0.05, 0) is 51.4 Å². The Morgan fingerprint density at radius 3 is 1.64 bits per heavy atom. The smallest absolute Gasteiger partial charge is 0.305 e. The second-order valence-electron chi connectivity index (χ2n) is 5.88. The quantitative estimate of drug-likeness (QED) is 0.184. The molecule has 0 saturated carbocycles. The van der Waals surface area contributed by atoms with E-state index in [4.69, 9.17) is 0 Å². The molecule has 0 saturated heterocycles. The summed E-state index contributed by atoms with van der Waals surface area (Å²) in [5.74, 6) is -0.102. The number of esters is 1. The average Bonchev–Trinajstić information content (AvgIpc) is 2.63. The van der Waals surface area contributed by atoms with Gasteiger partial charge >= 0.3 is 5.97 Å². The highest BCUT2D eigenvalue weighted by atomic mass is 16.5. The third kappa shape index (κ3) is 20.1. The summed E-state index contributed by atoms with van der Waals surface area (Å²) in [5, 5.41) is 0. The molecule has 0 radical (unpaired) electrons. The lowest BCUT2D eigenvalue weighted by Gasteiger charge is -1.98. The van der Waals surface area contributed by atoms with Gasteiger partial charge in [-0.15, -0.1) is 0 Å². The summed E-state index contributed by atoms with van der Waals surface area (Å²) in [4.78, 5) is 10.9. The molecule has 0 bridgehead atoms. The molecule has 0 aliphatic rings. The predicted octanol–water partition coefficient (Wildman–Crippen LogP) is 6.86. The zero-order valence-electron chi connectivity index (χ0n) is 16.2. The second-order valence-corrected chi connectivity index (χ2v) is 5.88. The van der Waals surface area contributed by atoms with Crippen molar-refractivity contribution in [3.63, 3.8) is 0 Å². The minimum Gasteiger partial charge on any atom is -0.469 e. The maximum atomic E-state index is 10.9. The summed E-state index contributed by atoms with van der Waals surface area (Å²) in [6.45, 7) is 2.15. The molecule has 0 aliphatic carbocycles. The topological polar surface area (TPSA) is 26.3 Å². The minimum absolute atomic E-state index is 0.102. The Balaban J connectivity index is 3.43. The normalized spacial score (nSPS) is 12.6. The van der Waals surface area contributed by atoms with E-state index in [1.165, 1.54) is 7.11 Å². The highest BCUT2D eigenvalue weighted by Gasteiger charge is 1.97. The first-order chi connectivity index (χ1) is 12.3. The fourth-order valence-corrected chi connectivity index (χ4v) is 2.18. The van der Waals surface area contributed by atoms with Gasteiger partial charge in [-0.2, -0.15) is 0 Å². The molecule has 0 unspecified atom stereocenters. The van der Waals surface area contributed by atoms with Crippen molar-refractivity contribution in [3.05, 3.63) is 60.8 Å². The van der Waals surface area contributed by atoms with Crippen molar-refractivity contribution >= 4 is 5.97 Å². The number of ether oxygens (including phenoxy) is 1. The first kappa shape index (κ1) is 23.2. The molecule has 0 aliphatic heterocycles. The molecule has 2 heteroatoms. The zero-order chi connectivity index (χ0) is 18.4. The number of methoxy groups -OCH3 is 1. The number of carbonyl (C=O) groups is 1. The number of unbranched alkanes of at least 4 members (excludes halogenated alkanes) is 3. The van der Waals surface area contributed by atoms with E-state index in [-0.39, 0.29) is 5.97 Å². The highest BCUT2D eigenvalue weighted by molar-refractivity contribution is 5.68. The molecule has 0 heterocycles. The van der Waals surface area contributed by atoms with Gasteiger partial charge in [0.1, 0.15) is 0 Å². The van der Waals surface area contributed by atoms with Crippen LogP contribution in [0.25, 0.3) is 0 Å². The predicted molar refractivity (Wildman–Crippen MR) is 110 cm³/mol. The van der Waals surface area contributed by atoms with Crippen LogP contribution >= 0.6 is 0 Å². The lowest BCUT2D eigenvalue weighted by Crippen LogP contribution is -1.98. The summed E-state index contributed by atoms with van der Waals surface area (Å²) < 4.78 is 4.62. The molecule has 0 aromatic carbocycles. The summed E-state index contributed by atoms with van der Waals surface area (Å²) in [5.41, 5.74) is 0. The maximum Gasteiger partial charge on any atom is 0.305 e. The Bertz CT molecular complexity index is 439. The Morgan fingerprint density at radius 1 is 0.680 bits per heavy atom. The van der Waals surface area contributed by atoms with Crippen LogP contribution < -0.4 is 0 Å². The first-order valence-corrected chi connectivity index (χ1v) is 9.63. The van der Waals surface area contributed by atoms with Crippen LogP contribution in [0.3, 0.4) is 0 Å². The van der Waals surface area contributed by atoms with E-state index in [1.807, 2.05) is 0 Å². The SMILES string of the molecule is CC/C=C/C/C=C/C/C=C/C/C=C/C/C=C/CCCCCC(=O)OC. The number of hydrogen-bond acceptors (Lipinski definition) is 2. The van der Waals surface area contributed by atoms with E-state index in [0.717, 1.165) is 57.8 Å². The van der Waals surface area contributed by atoms with Crippen LogP contribution in [0.4, 0.5) is 0 Å². The van der Waals surface area contributed by atoms with Crippen LogP contribution in [-0.4, -0.2) is 13.1 Å². The van der Waals surface area contributed by atoms with Crippen LogP contribution in [0, 0.1) is 0 Å². The average molecular weight is 345 g/mol. The van der Waals surface area contributed by atoms with E-state index in [2.05, 4.69) is 72.4 Å². The van der Waals surface area contributed by atoms with Gasteiger partial charge in [-0.25, -0.2) is 0 Å². The van der Waals surface area contributed by atoms with Gasteiger partial charge in [0.05, 0.1) is 7.11 Å². The van der Waals surface area contributed by atoms with Crippen molar-refractivity contribution in [2.45, 2.75) is 71.1 Å². The van der Waals surface area contributed by atoms with E-state index in [9.17, 15) is 4.79 Å². The van der Waals surface area contributed by atoms with Crippen molar-refractivity contribution in [2.24, 2.45) is 0 Å². The van der Waals surface area contributed by atoms with Crippen molar-refractivity contribution < 1.29 is 9.53 Å². The van der Waals surface area contributed by atoms with Gasteiger partial charge in [0.2, 0.25) is 0 Å². The standard InChI is InChI=1S/C23H36O2/c1-3-4-5-6-7-8-9-10-11-12-13-14-15-16-17-18-19-20-21-22-23(24)25-2/h4-5,7-8,10-11,13-14,16-17H,3,6,9,12,15,18-22H2,1-2H3/b5-4+,8-7+,11-10+,14-13+,17-16+. The van der Waals surface area contributed by atoms with Crippen LogP contribution in [-0.2, 0) is 9.53 Å². The van der Waals surface area contributed by atoms with Crippen LogP contribution in [0.5, 0.6) is 0 Å². The van der Waals surface area contributed by atoms with Crippen molar-refractivity contribution in [1.82, 2.24) is 0 Å². The molecule has 0 N–H and O–H groups in total. The lowest BCUT2D eigenvalue weighted by molar-refractivity contribution is -0.140. The Kier molecular flexibility index (Phi) is 18.7. The Morgan fingerprint density at radius 2 is 1.16 bits per heavy atom. The molecule has 2 nitrogen and oxygen atoms in total. The van der Waals surface area contributed by atoms with Gasteiger partial charge in [0.15, 0.2) is 0 Å². The van der Waals surface area contributed by atoms with Crippen molar-refractivity contribution in [2.75, 3.05) is 7.11 Å². The third-order valence-corrected chi connectivity index (χ3v) is 3.64. The van der Waals surface area contributed by atoms with Gasteiger partial charge in [0, 0.05) is 6.42 Å². The number of allylic oxidation sites excluding steroid dienone is 10. The van der Waals surface area contributed by atoms with Gasteiger partial charge in [0.25, 0.3) is 0 Å². The summed E-state index contributed by atoms with van der Waals surface area (Å²) in [6.07, 6.45) is 32.1. The van der Waals surface area contributed by atoms with Crippen LogP contribution in [0.2, 0.25) is 0 Å². The largest absolute Gasteiger partial charge is 0.469 e.